The van der Waals surface area contributed by atoms with Gasteiger partial charge in [-0.15, -0.1) is 0 Å². The highest BCUT2D eigenvalue weighted by atomic mass is 19.2. The van der Waals surface area contributed by atoms with Gasteiger partial charge in [0.25, 0.3) is 6.47 Å². The van der Waals surface area contributed by atoms with Gasteiger partial charge in [-0.1, -0.05) is 0 Å². The molecule has 2 nitrogen and oxygen atoms in total. The van der Waals surface area contributed by atoms with E-state index in [-0.39, 0.29) is 6.47 Å². The molecule has 88 valence electrons. The largest absolute Gasteiger partial charge is 0.460 e. The lowest BCUT2D eigenvalue weighted by atomic mass is 10.1. The molecule has 1 atom stereocenters. The van der Waals surface area contributed by atoms with E-state index in [1.807, 2.05) is 0 Å². The molecule has 0 aliphatic heterocycles. The third-order valence-corrected chi connectivity index (χ3v) is 1.91. The van der Waals surface area contributed by atoms with E-state index in [0.29, 0.717) is 0 Å². The van der Waals surface area contributed by atoms with Crippen molar-refractivity contribution in [1.82, 2.24) is 0 Å². The van der Waals surface area contributed by atoms with E-state index in [1.54, 1.807) is 0 Å². The van der Waals surface area contributed by atoms with Crippen molar-refractivity contribution in [2.24, 2.45) is 0 Å². The van der Waals surface area contributed by atoms with Crippen LogP contribution < -0.4 is 0 Å². The fourth-order valence-electron chi connectivity index (χ4n) is 1.13. The topological polar surface area (TPSA) is 26.3 Å². The fraction of sp³-hybridized carbons (Fsp3) is 0.222. The van der Waals surface area contributed by atoms with E-state index < -0.39 is 40.8 Å². The zero-order valence-electron chi connectivity index (χ0n) is 7.86. The van der Waals surface area contributed by atoms with Crippen LogP contribution in [0.15, 0.2) is 0 Å². The molecule has 7 heteroatoms. The van der Waals surface area contributed by atoms with Crippen LogP contribution in [-0.4, -0.2) is 6.47 Å². The fourth-order valence-corrected chi connectivity index (χ4v) is 1.13. The van der Waals surface area contributed by atoms with Crippen LogP contribution in [-0.2, 0) is 9.53 Å². The molecular formula is C9H5F5O2. The Morgan fingerprint density at radius 3 is 1.69 bits per heavy atom. The molecule has 0 bridgehead atoms. The number of benzene rings is 1. The average molecular weight is 240 g/mol. The summed E-state index contributed by atoms with van der Waals surface area (Å²) in [7, 11) is 0. The summed E-state index contributed by atoms with van der Waals surface area (Å²) in [4.78, 5) is 9.92. The molecule has 0 radical (unpaired) electrons. The Morgan fingerprint density at radius 1 is 0.938 bits per heavy atom. The minimum absolute atomic E-state index is 0.150. The minimum Gasteiger partial charge on any atom is -0.460 e. The predicted molar refractivity (Wildman–Crippen MR) is 41.8 cm³/mol. The maximum Gasteiger partial charge on any atom is 0.293 e. The summed E-state index contributed by atoms with van der Waals surface area (Å²) in [6, 6.07) is 0. The predicted octanol–water partition coefficient (Wildman–Crippen LogP) is 2.62. The molecule has 0 heterocycles. The summed E-state index contributed by atoms with van der Waals surface area (Å²) in [6.45, 7) is 0.829. The molecule has 1 aromatic rings. The second-order valence-electron chi connectivity index (χ2n) is 2.86. The molecular weight excluding hydrogens is 235 g/mol. The van der Waals surface area contributed by atoms with Crippen molar-refractivity contribution in [3.05, 3.63) is 34.6 Å². The lowest BCUT2D eigenvalue weighted by Crippen LogP contribution is -2.11. The van der Waals surface area contributed by atoms with E-state index in [1.165, 1.54) is 0 Å². The number of hydrogen-bond acceptors (Lipinski definition) is 2. The molecule has 0 aromatic heterocycles. The molecule has 0 spiro atoms. The molecule has 0 aliphatic carbocycles. The highest BCUT2D eigenvalue weighted by Crippen LogP contribution is 2.28. The molecule has 1 unspecified atom stereocenters. The maximum atomic E-state index is 13.1. The van der Waals surface area contributed by atoms with Crippen molar-refractivity contribution < 1.29 is 31.5 Å². The molecule has 0 saturated carbocycles. The summed E-state index contributed by atoms with van der Waals surface area (Å²) in [5.74, 6) is -10.4. The quantitative estimate of drug-likeness (QED) is 0.351. The Hall–Kier alpha value is -1.66. The van der Waals surface area contributed by atoms with Gasteiger partial charge < -0.3 is 4.74 Å². The van der Waals surface area contributed by atoms with Crippen LogP contribution in [0.2, 0.25) is 0 Å². The average Bonchev–Trinajstić information content (AvgIpc) is 2.24. The molecule has 1 rings (SSSR count). The van der Waals surface area contributed by atoms with Gasteiger partial charge in [-0.05, 0) is 6.92 Å². The van der Waals surface area contributed by atoms with Gasteiger partial charge in [0.1, 0.15) is 6.10 Å². The zero-order chi connectivity index (χ0) is 12.5. The smallest absolute Gasteiger partial charge is 0.293 e. The van der Waals surface area contributed by atoms with E-state index in [9.17, 15) is 26.7 Å². The van der Waals surface area contributed by atoms with Gasteiger partial charge in [0.15, 0.2) is 23.3 Å². The van der Waals surface area contributed by atoms with Gasteiger partial charge in [-0.3, -0.25) is 4.79 Å². The molecule has 1 aromatic carbocycles. The Balaban J connectivity index is 3.44. The van der Waals surface area contributed by atoms with Gasteiger partial charge >= 0.3 is 0 Å². The summed E-state index contributed by atoms with van der Waals surface area (Å²) in [5.41, 5.74) is -1.18. The molecule has 0 N–H and O–H groups in total. The number of carbonyl (C=O) groups is 1. The molecule has 0 aliphatic rings. The Labute approximate surface area is 86.6 Å². The minimum atomic E-state index is -2.25. The Kier molecular flexibility index (Phi) is 3.46. The lowest BCUT2D eigenvalue weighted by Gasteiger charge is -2.13. The number of hydrogen-bond donors (Lipinski definition) is 0. The normalized spacial score (nSPS) is 12.4. The maximum absolute atomic E-state index is 13.1. The number of carbonyl (C=O) groups excluding carboxylic acids is 1. The molecule has 0 fully saturated rings. The third-order valence-electron chi connectivity index (χ3n) is 1.91. The Bertz CT molecular complexity index is 403. The monoisotopic (exact) mass is 240 g/mol. The number of ether oxygens (including phenoxy) is 1. The summed E-state index contributed by atoms with van der Waals surface area (Å²) in [6.07, 6.45) is -1.57. The highest BCUT2D eigenvalue weighted by Gasteiger charge is 2.29. The van der Waals surface area contributed by atoms with Crippen LogP contribution in [0.4, 0.5) is 22.0 Å². The van der Waals surface area contributed by atoms with Crippen LogP contribution in [0, 0.1) is 29.1 Å². The second kappa shape index (κ2) is 4.46. The second-order valence-corrected chi connectivity index (χ2v) is 2.86. The van der Waals surface area contributed by atoms with Crippen LogP contribution in [0.25, 0.3) is 0 Å². The van der Waals surface area contributed by atoms with Crippen LogP contribution in [0.5, 0.6) is 0 Å². The van der Waals surface area contributed by atoms with Crippen molar-refractivity contribution >= 4 is 6.47 Å². The van der Waals surface area contributed by atoms with Crippen molar-refractivity contribution in [2.75, 3.05) is 0 Å². The summed E-state index contributed by atoms with van der Waals surface area (Å²) >= 11 is 0. The van der Waals surface area contributed by atoms with Crippen LogP contribution in [0.3, 0.4) is 0 Å². The SMILES string of the molecule is CC(OC=O)c1c(F)c(F)c(F)c(F)c1F. The Morgan fingerprint density at radius 2 is 1.31 bits per heavy atom. The first-order valence-corrected chi connectivity index (χ1v) is 4.02. The molecule has 0 saturated heterocycles. The van der Waals surface area contributed by atoms with Crippen molar-refractivity contribution in [2.45, 2.75) is 13.0 Å². The molecule has 16 heavy (non-hydrogen) atoms. The lowest BCUT2D eigenvalue weighted by molar-refractivity contribution is -0.133. The zero-order valence-corrected chi connectivity index (χ0v) is 7.86. The standard InChI is InChI=1S/C9H5F5O2/c1-3(16-2-15)4-5(10)7(12)9(14)8(13)6(4)11/h2-3H,1H3. The number of rotatable bonds is 3. The van der Waals surface area contributed by atoms with Gasteiger partial charge in [-0.2, -0.15) is 0 Å². The van der Waals surface area contributed by atoms with Crippen LogP contribution in [0.1, 0.15) is 18.6 Å². The van der Waals surface area contributed by atoms with Crippen molar-refractivity contribution in [3.8, 4) is 0 Å². The van der Waals surface area contributed by atoms with Crippen LogP contribution >= 0.6 is 0 Å². The van der Waals surface area contributed by atoms with Crippen molar-refractivity contribution in [1.29, 1.82) is 0 Å². The van der Waals surface area contributed by atoms with Gasteiger partial charge in [0.05, 0.1) is 5.56 Å². The van der Waals surface area contributed by atoms with E-state index in [0.717, 1.165) is 6.92 Å². The third kappa shape index (κ3) is 1.84. The van der Waals surface area contributed by atoms with E-state index >= 15 is 0 Å². The summed E-state index contributed by atoms with van der Waals surface area (Å²) < 4.78 is 68.2. The molecule has 0 amide bonds. The first-order chi connectivity index (χ1) is 7.41. The first-order valence-electron chi connectivity index (χ1n) is 4.02. The van der Waals surface area contributed by atoms with E-state index in [4.69, 9.17) is 0 Å². The highest BCUT2D eigenvalue weighted by molar-refractivity contribution is 5.39. The first kappa shape index (κ1) is 12.4. The van der Waals surface area contributed by atoms with E-state index in [2.05, 4.69) is 4.74 Å². The van der Waals surface area contributed by atoms with Gasteiger partial charge in [0.2, 0.25) is 5.82 Å². The van der Waals surface area contributed by atoms with Crippen molar-refractivity contribution in [3.63, 3.8) is 0 Å². The van der Waals surface area contributed by atoms with Gasteiger partial charge in [-0.25, -0.2) is 22.0 Å². The summed E-state index contributed by atoms with van der Waals surface area (Å²) in [5, 5.41) is 0. The number of halogens is 5. The van der Waals surface area contributed by atoms with Gasteiger partial charge in [0, 0.05) is 0 Å².